The molecule has 0 aliphatic heterocycles. The first-order chi connectivity index (χ1) is 9.80. The monoisotopic (exact) mass is 345 g/mol. The highest BCUT2D eigenvalue weighted by Crippen LogP contribution is 2.25. The molecule has 2 aromatic rings. The van der Waals surface area contributed by atoms with Gasteiger partial charge in [-0.1, -0.05) is 35.9 Å². The molecule has 2 N–H and O–H groups in total. The fraction of sp³-hybridized carbons (Fsp3) is 0.286. The summed E-state index contributed by atoms with van der Waals surface area (Å²) in [7, 11) is -3.57. The molecule has 114 valence electrons. The van der Waals surface area contributed by atoms with Crippen LogP contribution in [0.2, 0.25) is 5.02 Å². The zero-order chi connectivity index (χ0) is 15.5. The molecule has 0 aliphatic rings. The third-order valence-electron chi connectivity index (χ3n) is 2.99. The lowest BCUT2D eigenvalue weighted by atomic mass is 10.1. The van der Waals surface area contributed by atoms with Crippen LogP contribution in [0.15, 0.2) is 41.8 Å². The number of benzene rings is 1. The molecule has 0 radical (unpaired) electrons. The third kappa shape index (κ3) is 4.52. The van der Waals surface area contributed by atoms with Gasteiger partial charge in [-0.15, -0.1) is 11.3 Å². The summed E-state index contributed by atoms with van der Waals surface area (Å²) in [4.78, 5) is 0.711. The van der Waals surface area contributed by atoms with Crippen LogP contribution in [0.5, 0.6) is 0 Å². The molecule has 0 aliphatic carbocycles. The Kier molecular flexibility index (Phi) is 5.06. The van der Waals surface area contributed by atoms with Gasteiger partial charge in [0.25, 0.3) is 0 Å². The Balaban J connectivity index is 2.04. The van der Waals surface area contributed by atoms with Crippen molar-refractivity contribution in [1.29, 1.82) is 0 Å². The fourth-order valence-corrected chi connectivity index (χ4v) is 4.13. The summed E-state index contributed by atoms with van der Waals surface area (Å²) in [6.07, 6.45) is 0. The van der Waals surface area contributed by atoms with Gasteiger partial charge in [0.2, 0.25) is 10.0 Å². The maximum atomic E-state index is 12.1. The number of aliphatic hydroxyl groups is 1. The minimum Gasteiger partial charge on any atom is -0.383 e. The lowest BCUT2D eigenvalue weighted by Crippen LogP contribution is -2.38. The molecule has 4 nitrogen and oxygen atoms in total. The molecule has 1 aromatic carbocycles. The minimum atomic E-state index is -3.57. The Labute approximate surface area is 133 Å². The van der Waals surface area contributed by atoms with Crippen LogP contribution in [0, 0.1) is 0 Å². The molecule has 0 unspecified atom stereocenters. The third-order valence-corrected chi connectivity index (χ3v) is 5.76. The average Bonchev–Trinajstić information content (AvgIpc) is 2.94. The molecule has 1 atom stereocenters. The van der Waals surface area contributed by atoms with Crippen LogP contribution in [0.3, 0.4) is 0 Å². The molecule has 0 saturated carbocycles. The average molecular weight is 346 g/mol. The molecule has 1 heterocycles. The van der Waals surface area contributed by atoms with Gasteiger partial charge in [0.05, 0.1) is 5.75 Å². The predicted molar refractivity (Wildman–Crippen MR) is 86.0 cm³/mol. The van der Waals surface area contributed by atoms with E-state index in [4.69, 9.17) is 11.6 Å². The molecule has 0 bridgehead atoms. The molecule has 21 heavy (non-hydrogen) atoms. The quantitative estimate of drug-likeness (QED) is 0.846. The zero-order valence-electron chi connectivity index (χ0n) is 11.4. The van der Waals surface area contributed by atoms with Gasteiger partial charge in [-0.05, 0) is 30.0 Å². The van der Waals surface area contributed by atoms with E-state index in [1.165, 1.54) is 11.3 Å². The second-order valence-electron chi connectivity index (χ2n) is 4.92. The van der Waals surface area contributed by atoms with Gasteiger partial charge in [-0.3, -0.25) is 0 Å². The van der Waals surface area contributed by atoms with Gasteiger partial charge in [0.1, 0.15) is 5.60 Å². The van der Waals surface area contributed by atoms with Gasteiger partial charge in [0.15, 0.2) is 0 Å². The van der Waals surface area contributed by atoms with Crippen molar-refractivity contribution in [1.82, 2.24) is 4.72 Å². The summed E-state index contributed by atoms with van der Waals surface area (Å²) in [5, 5.41) is 12.6. The van der Waals surface area contributed by atoms with Gasteiger partial charge >= 0.3 is 0 Å². The Bertz CT molecular complexity index is 697. The topological polar surface area (TPSA) is 66.4 Å². The maximum Gasteiger partial charge on any atom is 0.215 e. The summed E-state index contributed by atoms with van der Waals surface area (Å²) in [5.74, 6) is -0.215. The minimum absolute atomic E-state index is 0.0830. The van der Waals surface area contributed by atoms with Gasteiger partial charge in [0, 0.05) is 16.4 Å². The van der Waals surface area contributed by atoms with E-state index in [1.807, 2.05) is 11.4 Å². The van der Waals surface area contributed by atoms with Crippen molar-refractivity contribution in [2.45, 2.75) is 18.3 Å². The number of sulfonamides is 1. The van der Waals surface area contributed by atoms with Crippen LogP contribution in [0.4, 0.5) is 0 Å². The fourth-order valence-electron chi connectivity index (χ4n) is 1.79. The molecular weight excluding hydrogens is 330 g/mol. The molecule has 0 saturated heterocycles. The molecule has 7 heteroatoms. The van der Waals surface area contributed by atoms with Crippen molar-refractivity contribution in [3.05, 3.63) is 57.2 Å². The normalized spacial score (nSPS) is 14.8. The van der Waals surface area contributed by atoms with E-state index < -0.39 is 15.6 Å². The molecular formula is C14H16ClNO3S2. The number of halogens is 1. The van der Waals surface area contributed by atoms with Crippen molar-refractivity contribution < 1.29 is 13.5 Å². The molecule has 2 rings (SSSR count). The maximum absolute atomic E-state index is 12.1. The van der Waals surface area contributed by atoms with E-state index in [1.54, 1.807) is 37.3 Å². The number of hydrogen-bond acceptors (Lipinski definition) is 4. The van der Waals surface area contributed by atoms with Crippen molar-refractivity contribution in [3.63, 3.8) is 0 Å². The standard InChI is InChI=1S/C14H16ClNO3S2/c1-14(17,13-7-4-8-20-13)10-16-21(18,19)9-11-5-2-3-6-12(11)15/h2-8,16-17H,9-10H2,1H3/t14-/m1/s1. The first-order valence-electron chi connectivity index (χ1n) is 6.27. The van der Waals surface area contributed by atoms with Crippen molar-refractivity contribution >= 4 is 33.0 Å². The number of hydrogen-bond donors (Lipinski definition) is 2. The van der Waals surface area contributed by atoms with Gasteiger partial charge in [-0.2, -0.15) is 0 Å². The second-order valence-corrected chi connectivity index (χ2v) is 8.08. The van der Waals surface area contributed by atoms with E-state index >= 15 is 0 Å². The zero-order valence-corrected chi connectivity index (χ0v) is 13.8. The Hall–Kier alpha value is -0.920. The smallest absolute Gasteiger partial charge is 0.215 e. The van der Waals surface area contributed by atoms with E-state index in [0.29, 0.717) is 15.5 Å². The van der Waals surface area contributed by atoms with Crippen molar-refractivity contribution in [2.75, 3.05) is 6.54 Å². The Morgan fingerprint density at radius 2 is 2.00 bits per heavy atom. The number of thiophene rings is 1. The highest BCUT2D eigenvalue weighted by molar-refractivity contribution is 7.88. The van der Waals surface area contributed by atoms with Crippen LogP contribution in [0.1, 0.15) is 17.4 Å². The Morgan fingerprint density at radius 3 is 2.62 bits per heavy atom. The lowest BCUT2D eigenvalue weighted by Gasteiger charge is -2.22. The van der Waals surface area contributed by atoms with Gasteiger partial charge in [-0.25, -0.2) is 13.1 Å². The van der Waals surface area contributed by atoms with Crippen LogP contribution in [0.25, 0.3) is 0 Å². The van der Waals surface area contributed by atoms with Crippen LogP contribution < -0.4 is 4.72 Å². The first-order valence-corrected chi connectivity index (χ1v) is 9.18. The largest absolute Gasteiger partial charge is 0.383 e. The summed E-state index contributed by atoms with van der Waals surface area (Å²) in [6, 6.07) is 10.4. The molecule has 0 amide bonds. The van der Waals surface area contributed by atoms with Crippen LogP contribution in [-0.4, -0.2) is 20.1 Å². The van der Waals surface area contributed by atoms with Crippen LogP contribution in [-0.2, 0) is 21.4 Å². The summed E-state index contributed by atoms with van der Waals surface area (Å²) in [6.45, 7) is 1.50. The predicted octanol–water partition coefficient (Wildman–Crippen LogP) is 2.73. The number of rotatable bonds is 6. The lowest BCUT2D eigenvalue weighted by molar-refractivity contribution is 0.0666. The first kappa shape index (κ1) is 16.5. The van der Waals surface area contributed by atoms with E-state index in [-0.39, 0.29) is 12.3 Å². The summed E-state index contributed by atoms with van der Waals surface area (Å²) < 4.78 is 26.6. The van der Waals surface area contributed by atoms with E-state index in [0.717, 1.165) is 0 Å². The molecule has 1 aromatic heterocycles. The van der Waals surface area contributed by atoms with Crippen molar-refractivity contribution in [3.8, 4) is 0 Å². The summed E-state index contributed by atoms with van der Waals surface area (Å²) >= 11 is 7.34. The molecule has 0 fully saturated rings. The van der Waals surface area contributed by atoms with E-state index in [9.17, 15) is 13.5 Å². The summed E-state index contributed by atoms with van der Waals surface area (Å²) in [5.41, 5.74) is -0.704. The second kappa shape index (κ2) is 6.46. The highest BCUT2D eigenvalue weighted by Gasteiger charge is 2.26. The highest BCUT2D eigenvalue weighted by atomic mass is 35.5. The molecule has 0 spiro atoms. The SMILES string of the molecule is C[C@@](O)(CNS(=O)(=O)Cc1ccccc1Cl)c1cccs1. The number of nitrogens with one attached hydrogen (secondary N) is 1. The van der Waals surface area contributed by atoms with Crippen LogP contribution >= 0.6 is 22.9 Å². The van der Waals surface area contributed by atoms with Crippen molar-refractivity contribution in [2.24, 2.45) is 0 Å². The van der Waals surface area contributed by atoms with E-state index in [2.05, 4.69) is 4.72 Å². The Morgan fingerprint density at radius 1 is 1.29 bits per heavy atom. The van der Waals surface area contributed by atoms with Gasteiger partial charge < -0.3 is 5.11 Å².